The van der Waals surface area contributed by atoms with Crippen LogP contribution < -0.4 is 10.6 Å². The molecular weight excluding hydrogens is 388 g/mol. The molecule has 1 heterocycles. The van der Waals surface area contributed by atoms with Crippen molar-refractivity contribution in [2.75, 3.05) is 38.0 Å². The molecule has 1 aliphatic rings. The van der Waals surface area contributed by atoms with Gasteiger partial charge in [-0.05, 0) is 38.0 Å². The number of benzene rings is 2. The Labute approximate surface area is 184 Å². The van der Waals surface area contributed by atoms with Crippen molar-refractivity contribution in [1.82, 2.24) is 15.1 Å². The van der Waals surface area contributed by atoms with E-state index in [-0.39, 0.29) is 11.9 Å². The van der Waals surface area contributed by atoms with Gasteiger partial charge in [0, 0.05) is 38.4 Å². The summed E-state index contributed by atoms with van der Waals surface area (Å²) < 4.78 is 0. The van der Waals surface area contributed by atoms with Crippen molar-refractivity contribution in [3.8, 4) is 0 Å². The highest BCUT2D eigenvalue weighted by molar-refractivity contribution is 6.03. The Balaban J connectivity index is 1.42. The summed E-state index contributed by atoms with van der Waals surface area (Å²) in [6.07, 6.45) is 4.31. The van der Waals surface area contributed by atoms with Crippen molar-refractivity contribution in [3.63, 3.8) is 0 Å². The topological polar surface area (TPSA) is 64.7 Å². The van der Waals surface area contributed by atoms with Crippen LogP contribution in [0, 0.1) is 13.8 Å². The van der Waals surface area contributed by atoms with Crippen LogP contribution in [0.4, 0.5) is 10.5 Å². The Morgan fingerprint density at radius 2 is 1.74 bits per heavy atom. The molecule has 164 valence electrons. The number of hydrogen-bond acceptors (Lipinski definition) is 4. The summed E-state index contributed by atoms with van der Waals surface area (Å²) in [5, 5.41) is 5.24. The Hall–Kier alpha value is -2.96. The number of hydrogen-bond donors (Lipinski definition) is 2. The van der Waals surface area contributed by atoms with Gasteiger partial charge in [0.05, 0.1) is 6.04 Å². The molecule has 1 fully saturated rings. The Kier molecular flexibility index (Phi) is 7.98. The SMILES string of the molecule is Cc1ccc(NC(=O)NC(=O)C(C)N2CCN(C/C=C/c3ccccc3)CC2)c(C)c1. The quantitative estimate of drug-likeness (QED) is 0.748. The third kappa shape index (κ3) is 6.77. The van der Waals surface area contributed by atoms with E-state index in [2.05, 4.69) is 44.7 Å². The summed E-state index contributed by atoms with van der Waals surface area (Å²) in [7, 11) is 0. The zero-order valence-corrected chi connectivity index (χ0v) is 18.6. The molecule has 3 amide bonds. The van der Waals surface area contributed by atoms with Crippen LogP contribution in [0.5, 0.6) is 0 Å². The van der Waals surface area contributed by atoms with Crippen LogP contribution in [-0.4, -0.2) is 60.5 Å². The molecule has 0 saturated carbocycles. The van der Waals surface area contributed by atoms with Gasteiger partial charge in [-0.1, -0.05) is 60.2 Å². The molecular formula is C25H32N4O2. The second kappa shape index (κ2) is 10.9. The van der Waals surface area contributed by atoms with Crippen molar-refractivity contribution < 1.29 is 9.59 Å². The Bertz CT molecular complexity index is 918. The molecule has 6 heteroatoms. The summed E-state index contributed by atoms with van der Waals surface area (Å²) in [6.45, 7) is 10.1. The first kappa shape index (κ1) is 22.7. The van der Waals surface area contributed by atoms with Crippen LogP contribution in [0.2, 0.25) is 0 Å². The highest BCUT2D eigenvalue weighted by Crippen LogP contribution is 2.16. The van der Waals surface area contributed by atoms with E-state index in [4.69, 9.17) is 0 Å². The van der Waals surface area contributed by atoms with E-state index in [1.165, 1.54) is 5.56 Å². The highest BCUT2D eigenvalue weighted by atomic mass is 16.2. The summed E-state index contributed by atoms with van der Waals surface area (Å²) in [4.78, 5) is 29.3. The third-order valence-electron chi connectivity index (χ3n) is 5.67. The van der Waals surface area contributed by atoms with Crippen molar-refractivity contribution in [1.29, 1.82) is 0 Å². The van der Waals surface area contributed by atoms with E-state index in [1.807, 2.05) is 57.2 Å². The fourth-order valence-corrected chi connectivity index (χ4v) is 3.72. The lowest BCUT2D eigenvalue weighted by Gasteiger charge is -2.36. The highest BCUT2D eigenvalue weighted by Gasteiger charge is 2.26. The maximum Gasteiger partial charge on any atom is 0.325 e. The number of aryl methyl sites for hydroxylation is 2. The Morgan fingerprint density at radius 3 is 2.42 bits per heavy atom. The van der Waals surface area contributed by atoms with Gasteiger partial charge < -0.3 is 5.32 Å². The van der Waals surface area contributed by atoms with E-state index >= 15 is 0 Å². The molecule has 0 bridgehead atoms. The number of amides is 3. The molecule has 0 spiro atoms. The number of imide groups is 1. The van der Waals surface area contributed by atoms with Gasteiger partial charge in [0.2, 0.25) is 5.91 Å². The minimum atomic E-state index is -0.492. The number of carbonyl (C=O) groups is 2. The van der Waals surface area contributed by atoms with E-state index in [9.17, 15) is 9.59 Å². The van der Waals surface area contributed by atoms with Gasteiger partial charge in [0.15, 0.2) is 0 Å². The van der Waals surface area contributed by atoms with Crippen LogP contribution in [0.3, 0.4) is 0 Å². The number of urea groups is 1. The standard InChI is InChI=1S/C25H32N4O2/c1-19-11-12-23(20(2)18-19)26-25(31)27-24(30)21(3)29-16-14-28(15-17-29)13-7-10-22-8-5-4-6-9-22/h4-12,18,21H,13-17H2,1-3H3,(H2,26,27,30,31)/b10-7+. The molecule has 0 aromatic heterocycles. The van der Waals surface area contributed by atoms with E-state index < -0.39 is 6.03 Å². The number of carbonyl (C=O) groups excluding carboxylic acids is 2. The van der Waals surface area contributed by atoms with Gasteiger partial charge in [0.25, 0.3) is 0 Å². The summed E-state index contributed by atoms with van der Waals surface area (Å²) in [6, 6.07) is 15.2. The lowest BCUT2D eigenvalue weighted by atomic mass is 10.1. The summed E-state index contributed by atoms with van der Waals surface area (Å²) in [5.74, 6) is -0.278. The summed E-state index contributed by atoms with van der Waals surface area (Å²) in [5.41, 5.74) is 4.00. The minimum Gasteiger partial charge on any atom is -0.307 e. The first-order chi connectivity index (χ1) is 14.9. The second-order valence-electron chi connectivity index (χ2n) is 8.09. The zero-order valence-electron chi connectivity index (χ0n) is 18.6. The predicted octanol–water partition coefficient (Wildman–Crippen LogP) is 3.67. The van der Waals surface area contributed by atoms with Gasteiger partial charge >= 0.3 is 6.03 Å². The maximum atomic E-state index is 12.6. The van der Waals surface area contributed by atoms with E-state index in [0.29, 0.717) is 5.69 Å². The van der Waals surface area contributed by atoms with Crippen LogP contribution in [0.15, 0.2) is 54.6 Å². The molecule has 1 saturated heterocycles. The average molecular weight is 421 g/mol. The van der Waals surface area contributed by atoms with Crippen molar-refractivity contribution >= 4 is 23.7 Å². The lowest BCUT2D eigenvalue weighted by Crippen LogP contribution is -2.54. The van der Waals surface area contributed by atoms with E-state index in [0.717, 1.165) is 43.9 Å². The largest absolute Gasteiger partial charge is 0.325 e. The van der Waals surface area contributed by atoms with Crippen LogP contribution >= 0.6 is 0 Å². The number of anilines is 1. The molecule has 1 aliphatic heterocycles. The zero-order chi connectivity index (χ0) is 22.2. The van der Waals surface area contributed by atoms with Gasteiger partial charge in [-0.25, -0.2) is 4.79 Å². The molecule has 6 nitrogen and oxygen atoms in total. The van der Waals surface area contributed by atoms with Gasteiger partial charge in [0.1, 0.15) is 0 Å². The average Bonchev–Trinajstić information content (AvgIpc) is 2.76. The third-order valence-corrected chi connectivity index (χ3v) is 5.67. The first-order valence-electron chi connectivity index (χ1n) is 10.8. The fraction of sp³-hybridized carbons (Fsp3) is 0.360. The number of piperazine rings is 1. The van der Waals surface area contributed by atoms with Crippen molar-refractivity contribution in [3.05, 3.63) is 71.3 Å². The monoisotopic (exact) mass is 420 g/mol. The lowest BCUT2D eigenvalue weighted by molar-refractivity contribution is -0.125. The van der Waals surface area contributed by atoms with Crippen molar-refractivity contribution in [2.45, 2.75) is 26.8 Å². The van der Waals surface area contributed by atoms with Crippen LogP contribution in [-0.2, 0) is 4.79 Å². The normalized spacial score (nSPS) is 16.2. The number of nitrogens with zero attached hydrogens (tertiary/aromatic N) is 2. The van der Waals surface area contributed by atoms with Gasteiger partial charge in [-0.2, -0.15) is 0 Å². The predicted molar refractivity (Wildman–Crippen MR) is 126 cm³/mol. The Morgan fingerprint density at radius 1 is 1.03 bits per heavy atom. The second-order valence-corrected chi connectivity index (χ2v) is 8.09. The summed E-state index contributed by atoms with van der Waals surface area (Å²) >= 11 is 0. The van der Waals surface area contributed by atoms with E-state index in [1.54, 1.807) is 0 Å². The van der Waals surface area contributed by atoms with Crippen LogP contribution in [0.25, 0.3) is 6.08 Å². The molecule has 1 atom stereocenters. The molecule has 2 N–H and O–H groups in total. The molecule has 2 aromatic carbocycles. The number of nitrogens with one attached hydrogen (secondary N) is 2. The molecule has 2 aromatic rings. The molecule has 0 radical (unpaired) electrons. The molecule has 0 aliphatic carbocycles. The number of rotatable bonds is 6. The van der Waals surface area contributed by atoms with Gasteiger partial charge in [-0.15, -0.1) is 0 Å². The first-order valence-corrected chi connectivity index (χ1v) is 10.8. The molecule has 1 unspecified atom stereocenters. The molecule has 3 rings (SSSR count). The van der Waals surface area contributed by atoms with Gasteiger partial charge in [-0.3, -0.25) is 19.9 Å². The fourth-order valence-electron chi connectivity index (χ4n) is 3.72. The maximum absolute atomic E-state index is 12.6. The van der Waals surface area contributed by atoms with Crippen molar-refractivity contribution in [2.24, 2.45) is 0 Å². The smallest absolute Gasteiger partial charge is 0.307 e. The van der Waals surface area contributed by atoms with Crippen LogP contribution in [0.1, 0.15) is 23.6 Å². The molecule has 31 heavy (non-hydrogen) atoms. The minimum absolute atomic E-state index is 0.278.